The Morgan fingerprint density at radius 1 is 1.05 bits per heavy atom. The predicted molar refractivity (Wildman–Crippen MR) is 77.7 cm³/mol. The normalized spacial score (nSPS) is 12.8. The average Bonchev–Trinajstić information content (AvgIpc) is 2.74. The van der Waals surface area contributed by atoms with Crippen LogP contribution in [-0.4, -0.2) is 43.0 Å². The molecule has 0 aromatic heterocycles. The summed E-state index contributed by atoms with van der Waals surface area (Å²) in [4.78, 5) is 38.7. The number of hydrogen-bond donors (Lipinski definition) is 2. The fourth-order valence-electron chi connectivity index (χ4n) is 1.60. The Labute approximate surface area is 126 Å². The predicted octanol–water partition coefficient (Wildman–Crippen LogP) is 1.19. The van der Waals surface area contributed by atoms with Crippen molar-refractivity contribution in [3.05, 3.63) is 35.4 Å². The number of ether oxygens (including phenoxy) is 1. The number of hydroxylamine groups is 2. The molecule has 1 aliphatic heterocycles. The Bertz CT molecular complexity index is 459. The van der Waals surface area contributed by atoms with Crippen LogP contribution in [0.2, 0.25) is 0 Å². The largest absolute Gasteiger partial charge is 0.371 e. The van der Waals surface area contributed by atoms with Crippen LogP contribution < -0.4 is 0 Å². The quantitative estimate of drug-likeness (QED) is 0.271. The summed E-state index contributed by atoms with van der Waals surface area (Å²) in [6.07, 6.45) is 0.613. The summed E-state index contributed by atoms with van der Waals surface area (Å²) in [5.41, 5.74) is 0.660. The zero-order valence-corrected chi connectivity index (χ0v) is 12.2. The van der Waals surface area contributed by atoms with Crippen molar-refractivity contribution in [2.45, 2.75) is 0 Å². The maximum atomic E-state index is 11.8. The maximum absolute atomic E-state index is 11.8. The van der Waals surface area contributed by atoms with E-state index >= 15 is 0 Å². The van der Waals surface area contributed by atoms with E-state index in [9.17, 15) is 14.4 Å². The lowest BCUT2D eigenvalue weighted by Crippen LogP contribution is -2.31. The van der Waals surface area contributed by atoms with Gasteiger partial charge >= 0.3 is 0 Å². The van der Waals surface area contributed by atoms with Gasteiger partial charge in [0.1, 0.15) is 12.9 Å². The van der Waals surface area contributed by atoms with Crippen LogP contribution in [0.4, 0.5) is 0 Å². The molecule has 0 saturated carbocycles. The van der Waals surface area contributed by atoms with Gasteiger partial charge in [-0.3, -0.25) is 14.4 Å². The number of hydrogen-bond acceptors (Lipinski definition) is 7. The highest BCUT2D eigenvalue weighted by molar-refractivity contribution is 8.59. The molecule has 0 N–H and O–H groups in total. The van der Waals surface area contributed by atoms with Gasteiger partial charge < -0.3 is 9.53 Å². The van der Waals surface area contributed by atoms with Gasteiger partial charge in [-0.2, -0.15) is 0 Å². The summed E-state index contributed by atoms with van der Waals surface area (Å²) in [6, 6.07) is 6.51. The fraction of sp³-hybridized carbons (Fsp3) is 0.250. The molecule has 1 aromatic rings. The zero-order chi connectivity index (χ0) is 15.0. The molecule has 0 fully saturated rings. The van der Waals surface area contributed by atoms with Crippen LogP contribution in [-0.2, 0) is 14.4 Å². The number of aldehydes is 1. The molecule has 1 aliphatic rings. The van der Waals surface area contributed by atoms with Crippen molar-refractivity contribution in [3.63, 3.8) is 0 Å². The molecule has 6 nitrogen and oxygen atoms in total. The number of amides is 2. The molecule has 0 saturated heterocycles. The van der Waals surface area contributed by atoms with E-state index in [-0.39, 0.29) is 19.8 Å². The van der Waals surface area contributed by atoms with E-state index < -0.39 is 11.8 Å². The minimum absolute atomic E-state index is 0.0271. The molecule has 2 rings (SSSR count). The van der Waals surface area contributed by atoms with E-state index in [1.807, 2.05) is 0 Å². The molecule has 0 unspecified atom stereocenters. The lowest BCUT2D eigenvalue weighted by Gasteiger charge is -2.12. The first-order valence-electron chi connectivity index (χ1n) is 5.58. The summed E-state index contributed by atoms with van der Waals surface area (Å²) in [7, 11) is 0. The van der Waals surface area contributed by atoms with Crippen molar-refractivity contribution in [2.75, 3.05) is 19.8 Å². The van der Waals surface area contributed by atoms with Crippen molar-refractivity contribution >= 4 is 41.4 Å². The number of benzene rings is 1. The highest BCUT2D eigenvalue weighted by Gasteiger charge is 2.36. The minimum atomic E-state index is -0.481. The Morgan fingerprint density at radius 2 is 1.60 bits per heavy atom. The van der Waals surface area contributed by atoms with Gasteiger partial charge in [-0.1, -0.05) is 12.1 Å². The SMILES string of the molecule is O=CCOCCON1C(=O)c2ccccc2C1=O.SS. The number of thiol groups is 2. The third-order valence-corrected chi connectivity index (χ3v) is 2.39. The molecule has 0 spiro atoms. The number of carbonyl (C=O) groups is 3. The number of carbonyl (C=O) groups excluding carboxylic acids is 3. The Morgan fingerprint density at radius 3 is 2.10 bits per heavy atom. The van der Waals surface area contributed by atoms with E-state index in [0.29, 0.717) is 17.4 Å². The second-order valence-electron chi connectivity index (χ2n) is 3.53. The van der Waals surface area contributed by atoms with Crippen molar-refractivity contribution < 1.29 is 24.0 Å². The molecule has 108 valence electrons. The molecule has 8 heteroatoms. The summed E-state index contributed by atoms with van der Waals surface area (Å²) in [5, 5.41) is 0.717. The summed E-state index contributed by atoms with van der Waals surface area (Å²) >= 11 is 6.44. The third-order valence-electron chi connectivity index (χ3n) is 2.39. The van der Waals surface area contributed by atoms with Crippen molar-refractivity contribution in [3.8, 4) is 0 Å². The van der Waals surface area contributed by atoms with Gasteiger partial charge in [0.25, 0.3) is 11.8 Å². The second kappa shape index (κ2) is 8.75. The summed E-state index contributed by atoms with van der Waals surface area (Å²) in [6.45, 7) is 0.122. The van der Waals surface area contributed by atoms with Crippen LogP contribution in [0.5, 0.6) is 0 Å². The molecule has 0 atom stereocenters. The number of fused-ring (bicyclic) bond motifs is 1. The van der Waals surface area contributed by atoms with Crippen LogP contribution in [0.1, 0.15) is 20.7 Å². The maximum Gasteiger partial charge on any atom is 0.285 e. The van der Waals surface area contributed by atoms with Gasteiger partial charge in [0.2, 0.25) is 0 Å². The Balaban J connectivity index is 0.000000956. The van der Waals surface area contributed by atoms with E-state index in [1.165, 1.54) is 0 Å². The molecule has 20 heavy (non-hydrogen) atoms. The zero-order valence-electron chi connectivity index (χ0n) is 10.4. The highest BCUT2D eigenvalue weighted by atomic mass is 33.1. The third kappa shape index (κ3) is 3.83. The van der Waals surface area contributed by atoms with Gasteiger partial charge in [0.05, 0.1) is 24.3 Å². The van der Waals surface area contributed by atoms with Gasteiger partial charge in [-0.25, -0.2) is 0 Å². The first-order valence-corrected chi connectivity index (χ1v) is 7.18. The van der Waals surface area contributed by atoms with E-state index in [1.54, 1.807) is 24.3 Å². The minimum Gasteiger partial charge on any atom is -0.371 e. The monoisotopic (exact) mass is 315 g/mol. The van der Waals surface area contributed by atoms with Crippen LogP contribution in [0.3, 0.4) is 0 Å². The van der Waals surface area contributed by atoms with E-state index in [2.05, 4.69) is 23.3 Å². The molecule has 0 aliphatic carbocycles. The van der Waals surface area contributed by atoms with Gasteiger partial charge in [0.15, 0.2) is 0 Å². The average molecular weight is 315 g/mol. The molecular weight excluding hydrogens is 302 g/mol. The summed E-state index contributed by atoms with van der Waals surface area (Å²) in [5.74, 6) is -0.961. The van der Waals surface area contributed by atoms with E-state index in [0.717, 1.165) is 5.06 Å². The van der Waals surface area contributed by atoms with E-state index in [4.69, 9.17) is 9.57 Å². The van der Waals surface area contributed by atoms with Gasteiger partial charge in [-0.15, -0.1) is 28.4 Å². The van der Waals surface area contributed by atoms with Crippen LogP contribution in [0.15, 0.2) is 24.3 Å². The molecular formula is C12H13NO5S2. The number of nitrogens with zero attached hydrogens (tertiary/aromatic N) is 1. The van der Waals surface area contributed by atoms with Crippen LogP contribution >= 0.6 is 23.3 Å². The van der Waals surface area contributed by atoms with Crippen molar-refractivity contribution in [1.29, 1.82) is 0 Å². The highest BCUT2D eigenvalue weighted by Crippen LogP contribution is 2.22. The standard InChI is InChI=1S/C12H11NO5.H2S2/c14-5-6-17-7-8-18-13-11(15)9-3-1-2-4-10(9)12(13)16;1-2/h1-5H,6-8H2;1-2H. The first kappa shape index (κ1) is 16.7. The molecule has 1 aromatic carbocycles. The lowest BCUT2D eigenvalue weighted by atomic mass is 10.1. The lowest BCUT2D eigenvalue weighted by molar-refractivity contribution is -0.119. The molecule has 2 amide bonds. The molecule has 0 radical (unpaired) electrons. The smallest absolute Gasteiger partial charge is 0.285 e. The van der Waals surface area contributed by atoms with Crippen LogP contribution in [0.25, 0.3) is 0 Å². The molecule has 1 heterocycles. The van der Waals surface area contributed by atoms with Crippen molar-refractivity contribution in [1.82, 2.24) is 5.06 Å². The topological polar surface area (TPSA) is 72.9 Å². The van der Waals surface area contributed by atoms with Crippen LogP contribution in [0, 0.1) is 0 Å². The first-order chi connectivity index (χ1) is 9.75. The Hall–Kier alpha value is -1.35. The number of rotatable bonds is 6. The van der Waals surface area contributed by atoms with Gasteiger partial charge in [-0.05, 0) is 12.1 Å². The number of imide groups is 1. The second-order valence-corrected chi connectivity index (χ2v) is 3.53. The van der Waals surface area contributed by atoms with Gasteiger partial charge in [0, 0.05) is 0 Å². The fourth-order valence-corrected chi connectivity index (χ4v) is 1.60. The van der Waals surface area contributed by atoms with Crippen molar-refractivity contribution in [2.24, 2.45) is 0 Å². The Kier molecular flexibility index (Phi) is 7.31. The summed E-state index contributed by atoms with van der Waals surface area (Å²) < 4.78 is 4.85. The molecule has 0 bridgehead atoms.